The fourth-order valence-electron chi connectivity index (χ4n) is 3.23. The monoisotopic (exact) mass is 396 g/mol. The molecule has 1 atom stereocenters. The van der Waals surface area contributed by atoms with Gasteiger partial charge in [0.2, 0.25) is 5.91 Å². The smallest absolute Gasteiger partial charge is 0.261 e. The Balaban J connectivity index is 2.21. The topological polar surface area (TPSA) is 58.6 Å². The minimum absolute atomic E-state index is 0.101. The van der Waals surface area contributed by atoms with E-state index in [1.807, 2.05) is 55.5 Å². The van der Waals surface area contributed by atoms with Gasteiger partial charge in [0.05, 0.1) is 0 Å². The lowest BCUT2D eigenvalue weighted by Crippen LogP contribution is -2.48. The number of amides is 2. The molecule has 2 rings (SSSR count). The number of likely N-dealkylation sites (N-methyl/N-ethyl adjacent to an activating group) is 1. The van der Waals surface area contributed by atoms with Crippen LogP contribution in [-0.2, 0) is 21.5 Å². The van der Waals surface area contributed by atoms with Crippen LogP contribution in [-0.4, -0.2) is 36.4 Å². The molecular formula is C24H32N2O3. The third-order valence-corrected chi connectivity index (χ3v) is 4.90. The summed E-state index contributed by atoms with van der Waals surface area (Å²) in [5.41, 5.74) is 3.02. The van der Waals surface area contributed by atoms with Gasteiger partial charge in [-0.25, -0.2) is 0 Å². The van der Waals surface area contributed by atoms with Crippen molar-refractivity contribution in [1.82, 2.24) is 10.2 Å². The van der Waals surface area contributed by atoms with Gasteiger partial charge in [0.25, 0.3) is 5.91 Å². The summed E-state index contributed by atoms with van der Waals surface area (Å²) in [5, 5.41) is 2.63. The molecule has 0 aliphatic heterocycles. The molecule has 0 unspecified atom stereocenters. The third-order valence-electron chi connectivity index (χ3n) is 4.90. The summed E-state index contributed by atoms with van der Waals surface area (Å²) in [4.78, 5) is 26.8. The summed E-state index contributed by atoms with van der Waals surface area (Å²) in [7, 11) is 1.57. The van der Waals surface area contributed by atoms with Crippen molar-refractivity contribution in [1.29, 1.82) is 0 Å². The number of para-hydroxylation sites is 1. The standard InChI is InChI=1S/C24H32N2O3/c1-17-10-9-11-19(14-17)15-26(18(2)23(28)25-6)22(27)16-29-21-13-8-7-12-20(21)24(3,4)5/h7-14,18H,15-16H2,1-6H3,(H,25,28)/t18-/m0/s1. The lowest BCUT2D eigenvalue weighted by Gasteiger charge is -2.29. The molecule has 2 amide bonds. The maximum absolute atomic E-state index is 13.0. The van der Waals surface area contributed by atoms with Gasteiger partial charge in [0, 0.05) is 13.6 Å². The predicted molar refractivity (Wildman–Crippen MR) is 116 cm³/mol. The van der Waals surface area contributed by atoms with Crippen LogP contribution in [0.3, 0.4) is 0 Å². The van der Waals surface area contributed by atoms with Crippen molar-refractivity contribution in [3.8, 4) is 5.75 Å². The van der Waals surface area contributed by atoms with Crippen LogP contribution in [0.4, 0.5) is 0 Å². The summed E-state index contributed by atoms with van der Waals surface area (Å²) in [6.45, 7) is 10.3. The van der Waals surface area contributed by atoms with Gasteiger partial charge < -0.3 is 15.0 Å². The van der Waals surface area contributed by atoms with Crippen LogP contribution in [0.5, 0.6) is 5.75 Å². The van der Waals surface area contributed by atoms with Crippen LogP contribution in [0.15, 0.2) is 48.5 Å². The average Bonchev–Trinajstić information content (AvgIpc) is 2.68. The Morgan fingerprint density at radius 2 is 1.79 bits per heavy atom. The molecule has 0 saturated carbocycles. The van der Waals surface area contributed by atoms with E-state index in [0.29, 0.717) is 12.3 Å². The first-order chi connectivity index (χ1) is 13.6. The molecule has 2 aromatic rings. The molecule has 0 aliphatic rings. The van der Waals surface area contributed by atoms with Gasteiger partial charge in [-0.2, -0.15) is 0 Å². The zero-order chi connectivity index (χ0) is 21.6. The molecule has 0 aromatic heterocycles. The minimum Gasteiger partial charge on any atom is -0.483 e. The highest BCUT2D eigenvalue weighted by Gasteiger charge is 2.26. The molecular weight excluding hydrogens is 364 g/mol. The molecule has 0 spiro atoms. The van der Waals surface area contributed by atoms with Crippen molar-refractivity contribution >= 4 is 11.8 Å². The summed E-state index contributed by atoms with van der Waals surface area (Å²) >= 11 is 0. The zero-order valence-electron chi connectivity index (χ0n) is 18.3. The van der Waals surface area contributed by atoms with Crippen LogP contribution in [0.2, 0.25) is 0 Å². The molecule has 156 valence electrons. The number of aryl methyl sites for hydroxylation is 1. The van der Waals surface area contributed by atoms with E-state index in [1.54, 1.807) is 18.9 Å². The summed E-state index contributed by atoms with van der Waals surface area (Å²) in [6.07, 6.45) is 0. The van der Waals surface area contributed by atoms with E-state index >= 15 is 0 Å². The Labute approximate surface area is 174 Å². The highest BCUT2D eigenvalue weighted by Crippen LogP contribution is 2.31. The Morgan fingerprint density at radius 1 is 1.10 bits per heavy atom. The number of hydrogen-bond acceptors (Lipinski definition) is 3. The van der Waals surface area contributed by atoms with E-state index in [1.165, 1.54) is 0 Å². The van der Waals surface area contributed by atoms with Crippen molar-refractivity contribution in [3.05, 3.63) is 65.2 Å². The second-order valence-corrected chi connectivity index (χ2v) is 8.34. The predicted octanol–water partition coefficient (Wildman–Crippen LogP) is 3.83. The molecule has 0 bridgehead atoms. The van der Waals surface area contributed by atoms with Crippen LogP contribution in [0.1, 0.15) is 44.4 Å². The van der Waals surface area contributed by atoms with Crippen molar-refractivity contribution < 1.29 is 14.3 Å². The molecule has 1 N–H and O–H groups in total. The van der Waals surface area contributed by atoms with E-state index in [4.69, 9.17) is 4.74 Å². The zero-order valence-corrected chi connectivity index (χ0v) is 18.3. The SMILES string of the molecule is CNC(=O)[C@H](C)N(Cc1cccc(C)c1)C(=O)COc1ccccc1C(C)(C)C. The Hall–Kier alpha value is -2.82. The quantitative estimate of drug-likeness (QED) is 0.774. The number of nitrogens with zero attached hydrogens (tertiary/aromatic N) is 1. The van der Waals surface area contributed by atoms with Crippen LogP contribution >= 0.6 is 0 Å². The maximum Gasteiger partial charge on any atom is 0.261 e. The first kappa shape index (κ1) is 22.5. The van der Waals surface area contributed by atoms with Crippen LogP contribution in [0.25, 0.3) is 0 Å². The normalized spacial score (nSPS) is 12.2. The van der Waals surface area contributed by atoms with Crippen LogP contribution in [0, 0.1) is 6.92 Å². The number of nitrogens with one attached hydrogen (secondary N) is 1. The van der Waals surface area contributed by atoms with E-state index in [9.17, 15) is 9.59 Å². The lowest BCUT2D eigenvalue weighted by molar-refractivity contribution is -0.142. The molecule has 0 radical (unpaired) electrons. The number of rotatable bonds is 7. The Morgan fingerprint density at radius 3 is 2.41 bits per heavy atom. The average molecular weight is 397 g/mol. The van der Waals surface area contributed by atoms with E-state index in [2.05, 4.69) is 26.1 Å². The van der Waals surface area contributed by atoms with Gasteiger partial charge in [-0.15, -0.1) is 0 Å². The van der Waals surface area contributed by atoms with Gasteiger partial charge >= 0.3 is 0 Å². The first-order valence-corrected chi connectivity index (χ1v) is 9.92. The molecule has 2 aromatic carbocycles. The van der Waals surface area contributed by atoms with Crippen molar-refractivity contribution in [2.75, 3.05) is 13.7 Å². The van der Waals surface area contributed by atoms with Gasteiger partial charge in [0.1, 0.15) is 11.8 Å². The van der Waals surface area contributed by atoms with Gasteiger partial charge in [-0.3, -0.25) is 9.59 Å². The second kappa shape index (κ2) is 9.59. The second-order valence-electron chi connectivity index (χ2n) is 8.34. The number of hydrogen-bond donors (Lipinski definition) is 1. The highest BCUT2D eigenvalue weighted by molar-refractivity contribution is 5.87. The highest BCUT2D eigenvalue weighted by atomic mass is 16.5. The van der Waals surface area contributed by atoms with E-state index in [0.717, 1.165) is 16.7 Å². The number of ether oxygens (including phenoxy) is 1. The third kappa shape index (κ3) is 6.08. The number of benzene rings is 2. The molecule has 5 heteroatoms. The minimum atomic E-state index is -0.602. The van der Waals surface area contributed by atoms with Crippen molar-refractivity contribution in [3.63, 3.8) is 0 Å². The number of carbonyl (C=O) groups is 2. The van der Waals surface area contributed by atoms with Gasteiger partial charge in [-0.05, 0) is 36.5 Å². The lowest BCUT2D eigenvalue weighted by atomic mass is 9.86. The Bertz CT molecular complexity index is 855. The van der Waals surface area contributed by atoms with Gasteiger partial charge in [-0.1, -0.05) is 68.8 Å². The van der Waals surface area contributed by atoms with Gasteiger partial charge in [0.15, 0.2) is 6.61 Å². The fraction of sp³-hybridized carbons (Fsp3) is 0.417. The molecule has 0 heterocycles. The molecule has 0 fully saturated rings. The largest absolute Gasteiger partial charge is 0.483 e. The summed E-state index contributed by atoms with van der Waals surface area (Å²) in [6, 6.07) is 15.1. The van der Waals surface area contributed by atoms with Crippen molar-refractivity contribution in [2.45, 2.75) is 52.6 Å². The molecule has 5 nitrogen and oxygen atoms in total. The molecule has 0 aliphatic carbocycles. The maximum atomic E-state index is 13.0. The molecule has 29 heavy (non-hydrogen) atoms. The van der Waals surface area contributed by atoms with Crippen molar-refractivity contribution in [2.24, 2.45) is 0 Å². The summed E-state index contributed by atoms with van der Waals surface area (Å²) in [5.74, 6) is 0.254. The van der Waals surface area contributed by atoms with Crippen LogP contribution < -0.4 is 10.1 Å². The summed E-state index contributed by atoms with van der Waals surface area (Å²) < 4.78 is 5.91. The first-order valence-electron chi connectivity index (χ1n) is 9.92. The fourth-order valence-corrected chi connectivity index (χ4v) is 3.23. The number of carbonyl (C=O) groups excluding carboxylic acids is 2. The Kier molecular flexibility index (Phi) is 7.43. The van der Waals surface area contributed by atoms with E-state index in [-0.39, 0.29) is 23.8 Å². The molecule has 0 saturated heterocycles. The van der Waals surface area contributed by atoms with E-state index < -0.39 is 6.04 Å².